The monoisotopic (exact) mass is 506 g/mol. The maximum Gasteiger partial charge on any atom is 0.231 e. The van der Waals surface area contributed by atoms with Crippen LogP contribution in [0.4, 0.5) is 0 Å². The van der Waals surface area contributed by atoms with E-state index in [9.17, 15) is 5.11 Å². The summed E-state index contributed by atoms with van der Waals surface area (Å²) in [7, 11) is 0. The number of nitrogens with zero attached hydrogens (tertiary/aromatic N) is 2. The van der Waals surface area contributed by atoms with Gasteiger partial charge in [-0.3, -0.25) is 4.98 Å². The predicted molar refractivity (Wildman–Crippen MR) is 159 cm³/mol. The molecule has 39 heavy (non-hydrogen) atoms. The van der Waals surface area contributed by atoms with E-state index in [2.05, 4.69) is 86.6 Å². The Morgan fingerprint density at radius 3 is 2.26 bits per heavy atom. The highest BCUT2D eigenvalue weighted by Crippen LogP contribution is 2.41. The Hall–Kier alpha value is -4.96. The molecule has 0 spiro atoms. The summed E-state index contributed by atoms with van der Waals surface area (Å²) >= 11 is 0. The van der Waals surface area contributed by atoms with E-state index in [4.69, 9.17) is 14.4 Å². The van der Waals surface area contributed by atoms with Gasteiger partial charge in [-0.15, -0.1) is 0 Å². The molecular formula is C35H26N2O2. The van der Waals surface area contributed by atoms with Gasteiger partial charge in [0.25, 0.3) is 0 Å². The second-order valence-corrected chi connectivity index (χ2v) is 10.3. The van der Waals surface area contributed by atoms with Gasteiger partial charge in [0.15, 0.2) is 5.58 Å². The third-order valence-corrected chi connectivity index (χ3v) is 7.40. The molecule has 0 fully saturated rings. The first-order valence-corrected chi connectivity index (χ1v) is 13.2. The molecule has 2 heterocycles. The molecule has 0 radical (unpaired) electrons. The molecule has 2 aromatic heterocycles. The lowest BCUT2D eigenvalue weighted by molar-refractivity contribution is 0.474. The van der Waals surface area contributed by atoms with Crippen molar-refractivity contribution in [3.63, 3.8) is 0 Å². The van der Waals surface area contributed by atoms with Crippen LogP contribution in [0.3, 0.4) is 0 Å². The Kier molecular flexibility index (Phi) is 5.41. The van der Waals surface area contributed by atoms with Crippen molar-refractivity contribution in [3.8, 4) is 39.6 Å². The molecule has 0 unspecified atom stereocenters. The molecule has 0 bridgehead atoms. The van der Waals surface area contributed by atoms with Crippen LogP contribution in [-0.4, -0.2) is 15.1 Å². The van der Waals surface area contributed by atoms with Crippen LogP contribution in [0.15, 0.2) is 114 Å². The Balaban J connectivity index is 1.51. The summed E-state index contributed by atoms with van der Waals surface area (Å²) in [6, 6.07) is 34.7. The molecule has 7 rings (SSSR count). The molecular weight excluding hydrogens is 480 g/mol. The number of aromatic nitrogens is 2. The molecule has 7 aromatic rings. The van der Waals surface area contributed by atoms with Crippen molar-refractivity contribution in [2.75, 3.05) is 0 Å². The zero-order chi connectivity index (χ0) is 26.5. The zero-order valence-electron chi connectivity index (χ0n) is 21.7. The molecule has 188 valence electrons. The summed E-state index contributed by atoms with van der Waals surface area (Å²) in [5, 5.41) is 15.0. The van der Waals surface area contributed by atoms with Crippen LogP contribution < -0.4 is 0 Å². The van der Waals surface area contributed by atoms with Gasteiger partial charge in [-0.2, -0.15) is 0 Å². The summed E-state index contributed by atoms with van der Waals surface area (Å²) in [6.07, 6.45) is 1.94. The lowest BCUT2D eigenvalue weighted by atomic mass is 9.91. The van der Waals surface area contributed by atoms with Gasteiger partial charge < -0.3 is 9.52 Å². The number of oxazole rings is 1. The maximum atomic E-state index is 10.5. The van der Waals surface area contributed by atoms with Crippen LogP contribution in [-0.2, 0) is 0 Å². The van der Waals surface area contributed by atoms with Crippen molar-refractivity contribution in [2.45, 2.75) is 19.8 Å². The Bertz CT molecular complexity index is 2020. The summed E-state index contributed by atoms with van der Waals surface area (Å²) in [5.41, 5.74) is 7.25. The first kappa shape index (κ1) is 23.2. The third-order valence-electron chi connectivity index (χ3n) is 7.40. The van der Waals surface area contributed by atoms with Crippen LogP contribution in [0.5, 0.6) is 5.75 Å². The van der Waals surface area contributed by atoms with Gasteiger partial charge in [-0.1, -0.05) is 74.5 Å². The van der Waals surface area contributed by atoms with Gasteiger partial charge >= 0.3 is 0 Å². The lowest BCUT2D eigenvalue weighted by Crippen LogP contribution is -1.92. The standard InChI is InChI=1S/C35H26N2O2/c1-21(2)25-16-30(34-33(19-25)39-35(37-34)28-13-7-8-14-32(28)38)29-17-26(15-23-10-5-6-12-27(23)29)31-18-22-9-3-4-11-24(22)20-36-31/h3-21,38H,1-2H3. The van der Waals surface area contributed by atoms with Crippen molar-refractivity contribution < 1.29 is 9.52 Å². The number of hydrogen-bond donors (Lipinski definition) is 1. The number of phenols is 1. The number of rotatable bonds is 4. The van der Waals surface area contributed by atoms with Gasteiger partial charge in [0, 0.05) is 22.7 Å². The minimum atomic E-state index is 0.143. The van der Waals surface area contributed by atoms with Crippen molar-refractivity contribution >= 4 is 32.6 Å². The highest BCUT2D eigenvalue weighted by atomic mass is 16.3. The van der Waals surface area contributed by atoms with Crippen LogP contribution >= 0.6 is 0 Å². The van der Waals surface area contributed by atoms with Crippen LogP contribution in [0.25, 0.3) is 66.5 Å². The van der Waals surface area contributed by atoms with Crippen LogP contribution in [0.2, 0.25) is 0 Å². The fourth-order valence-corrected chi connectivity index (χ4v) is 5.28. The van der Waals surface area contributed by atoms with Gasteiger partial charge in [0.05, 0.1) is 11.3 Å². The predicted octanol–water partition coefficient (Wildman–Crippen LogP) is 9.36. The summed E-state index contributed by atoms with van der Waals surface area (Å²) < 4.78 is 6.28. The first-order valence-electron chi connectivity index (χ1n) is 13.2. The normalized spacial score (nSPS) is 11.7. The topological polar surface area (TPSA) is 59.2 Å². The van der Waals surface area contributed by atoms with Gasteiger partial charge in [-0.25, -0.2) is 4.98 Å². The molecule has 4 nitrogen and oxygen atoms in total. The van der Waals surface area contributed by atoms with E-state index < -0.39 is 0 Å². The van der Waals surface area contributed by atoms with Gasteiger partial charge in [-0.05, 0) is 75.7 Å². The summed E-state index contributed by atoms with van der Waals surface area (Å²) in [6.45, 7) is 4.36. The van der Waals surface area contributed by atoms with Gasteiger partial charge in [0.2, 0.25) is 5.89 Å². The number of pyridine rings is 1. The molecule has 0 amide bonds. The highest BCUT2D eigenvalue weighted by molar-refractivity contribution is 6.06. The van der Waals surface area contributed by atoms with Crippen molar-refractivity contribution in [1.29, 1.82) is 0 Å². The minimum Gasteiger partial charge on any atom is -0.507 e. The molecule has 0 aliphatic rings. The van der Waals surface area contributed by atoms with E-state index in [1.165, 1.54) is 0 Å². The fourth-order valence-electron chi connectivity index (χ4n) is 5.28. The molecule has 0 saturated heterocycles. The van der Waals surface area contributed by atoms with E-state index in [1.807, 2.05) is 24.4 Å². The van der Waals surface area contributed by atoms with E-state index in [0.29, 0.717) is 23.0 Å². The number of benzene rings is 5. The molecule has 0 aliphatic carbocycles. The number of para-hydroxylation sites is 1. The third kappa shape index (κ3) is 4.02. The Labute approximate surface area is 226 Å². The smallest absolute Gasteiger partial charge is 0.231 e. The van der Waals surface area contributed by atoms with E-state index >= 15 is 0 Å². The molecule has 0 atom stereocenters. The molecule has 5 aromatic carbocycles. The molecule has 0 saturated carbocycles. The SMILES string of the molecule is CC(C)c1cc(-c2cc(-c3cc4ccccc4cn3)cc3ccccc23)c2nc(-c3ccccc3O)oc2c1. The van der Waals surface area contributed by atoms with Crippen molar-refractivity contribution in [2.24, 2.45) is 0 Å². The average molecular weight is 507 g/mol. The van der Waals surface area contributed by atoms with Crippen LogP contribution in [0.1, 0.15) is 25.3 Å². The zero-order valence-corrected chi connectivity index (χ0v) is 21.7. The van der Waals surface area contributed by atoms with E-state index in [-0.39, 0.29) is 5.75 Å². The van der Waals surface area contributed by atoms with Crippen molar-refractivity contribution in [3.05, 3.63) is 115 Å². The van der Waals surface area contributed by atoms with E-state index in [1.54, 1.807) is 12.1 Å². The minimum absolute atomic E-state index is 0.143. The largest absolute Gasteiger partial charge is 0.507 e. The summed E-state index contributed by atoms with van der Waals surface area (Å²) in [5.74, 6) is 0.842. The van der Waals surface area contributed by atoms with Crippen LogP contribution in [0, 0.1) is 0 Å². The molecule has 0 aliphatic heterocycles. The number of hydrogen-bond acceptors (Lipinski definition) is 4. The maximum absolute atomic E-state index is 10.5. The van der Waals surface area contributed by atoms with Crippen molar-refractivity contribution in [1.82, 2.24) is 9.97 Å². The molecule has 4 heteroatoms. The summed E-state index contributed by atoms with van der Waals surface area (Å²) in [4.78, 5) is 9.75. The van der Waals surface area contributed by atoms with E-state index in [0.717, 1.165) is 55.0 Å². The lowest BCUT2D eigenvalue weighted by Gasteiger charge is -2.14. The fraction of sp³-hybridized carbons (Fsp3) is 0.0857. The Morgan fingerprint density at radius 1 is 0.692 bits per heavy atom. The quantitative estimate of drug-likeness (QED) is 0.258. The number of aromatic hydroxyl groups is 1. The second-order valence-electron chi connectivity index (χ2n) is 10.3. The highest BCUT2D eigenvalue weighted by Gasteiger charge is 2.19. The average Bonchev–Trinajstić information content (AvgIpc) is 3.40. The number of phenolic OH excluding ortho intramolecular Hbond substituents is 1. The molecule has 1 N–H and O–H groups in total. The first-order chi connectivity index (χ1) is 19.0. The number of fused-ring (bicyclic) bond motifs is 3. The second kappa shape index (κ2) is 9.10. The Morgan fingerprint density at radius 2 is 1.44 bits per heavy atom. The van der Waals surface area contributed by atoms with Gasteiger partial charge in [0.1, 0.15) is 11.3 Å².